The maximum Gasteiger partial charge on any atom is -0.0175 e. The molecular formula is C10H21P. The minimum absolute atomic E-state index is 0.291. The summed E-state index contributed by atoms with van der Waals surface area (Å²) in [5.41, 5.74) is 2.03. The van der Waals surface area contributed by atoms with Crippen molar-refractivity contribution in [2.75, 3.05) is 0 Å². The fourth-order valence-electron chi connectivity index (χ4n) is 2.52. The lowest BCUT2D eigenvalue weighted by molar-refractivity contribution is 0.767. The first-order valence-corrected chi connectivity index (χ1v) is 6.19. The summed E-state index contributed by atoms with van der Waals surface area (Å²) in [4.78, 5) is 0. The van der Waals surface area contributed by atoms with E-state index in [0.29, 0.717) is 13.1 Å². The number of hydrogen-bond donors (Lipinski definition) is 0. The van der Waals surface area contributed by atoms with Crippen LogP contribution in [0.25, 0.3) is 0 Å². The topological polar surface area (TPSA) is 0 Å². The average Bonchev–Trinajstić information content (AvgIpc) is 2.08. The zero-order valence-corrected chi connectivity index (χ0v) is 9.41. The second-order valence-electron chi connectivity index (χ2n) is 4.85. The van der Waals surface area contributed by atoms with Gasteiger partial charge in [-0.25, -0.2) is 0 Å². The lowest BCUT2D eigenvalue weighted by Crippen LogP contribution is -2.18. The fourth-order valence-corrected chi connectivity index (χ4v) is 6.89. The van der Waals surface area contributed by atoms with E-state index in [2.05, 4.69) is 34.6 Å². The Morgan fingerprint density at radius 2 is 1.36 bits per heavy atom. The van der Waals surface area contributed by atoms with Crippen LogP contribution in [0.1, 0.15) is 47.5 Å². The Morgan fingerprint density at radius 3 is 1.55 bits per heavy atom. The molecule has 0 amide bonds. The van der Waals surface area contributed by atoms with Crippen molar-refractivity contribution in [3.8, 4) is 0 Å². The van der Waals surface area contributed by atoms with Gasteiger partial charge in [-0.3, -0.25) is 0 Å². The van der Waals surface area contributed by atoms with Crippen LogP contribution in [0.5, 0.6) is 0 Å². The van der Waals surface area contributed by atoms with Crippen molar-refractivity contribution in [1.82, 2.24) is 0 Å². The molecule has 1 rings (SSSR count). The maximum atomic E-state index is 2.44. The monoisotopic (exact) mass is 172 g/mol. The third kappa shape index (κ3) is 1.96. The van der Waals surface area contributed by atoms with Crippen LogP contribution < -0.4 is 0 Å². The lowest BCUT2D eigenvalue weighted by atomic mass is 10.2. The van der Waals surface area contributed by atoms with E-state index in [1.165, 1.54) is 12.8 Å². The smallest absolute Gasteiger partial charge is 0.0175 e. The molecule has 1 heteroatoms. The summed E-state index contributed by atoms with van der Waals surface area (Å²) >= 11 is 0. The van der Waals surface area contributed by atoms with Gasteiger partial charge in [0.1, 0.15) is 0 Å². The van der Waals surface area contributed by atoms with Gasteiger partial charge in [0.15, 0.2) is 0 Å². The van der Waals surface area contributed by atoms with Crippen LogP contribution in [0.2, 0.25) is 0 Å². The molecule has 1 aliphatic rings. The van der Waals surface area contributed by atoms with Crippen molar-refractivity contribution in [2.24, 2.45) is 0 Å². The molecule has 0 saturated carbocycles. The molecule has 2 atom stereocenters. The van der Waals surface area contributed by atoms with Gasteiger partial charge in [0.05, 0.1) is 0 Å². The molecular weight excluding hydrogens is 151 g/mol. The summed E-state index contributed by atoms with van der Waals surface area (Å²) in [6.45, 7) is 12.1. The van der Waals surface area contributed by atoms with Crippen molar-refractivity contribution in [3.05, 3.63) is 0 Å². The predicted octanol–water partition coefficient (Wildman–Crippen LogP) is 3.84. The summed E-state index contributed by atoms with van der Waals surface area (Å²) in [6, 6.07) is 0. The zero-order valence-electron chi connectivity index (χ0n) is 8.52. The van der Waals surface area contributed by atoms with Crippen molar-refractivity contribution in [3.63, 3.8) is 0 Å². The van der Waals surface area contributed by atoms with Crippen LogP contribution in [0.4, 0.5) is 0 Å². The third-order valence-electron chi connectivity index (χ3n) is 2.73. The van der Waals surface area contributed by atoms with E-state index in [-0.39, 0.29) is 0 Å². The molecule has 0 aromatic rings. The molecule has 0 bridgehead atoms. The van der Waals surface area contributed by atoms with Crippen LogP contribution in [-0.4, -0.2) is 16.5 Å². The van der Waals surface area contributed by atoms with Crippen molar-refractivity contribution >= 4 is 7.92 Å². The molecule has 0 N–H and O–H groups in total. The van der Waals surface area contributed by atoms with Crippen LogP contribution in [0.3, 0.4) is 0 Å². The van der Waals surface area contributed by atoms with Gasteiger partial charge in [0.25, 0.3) is 0 Å². The first kappa shape index (κ1) is 9.52. The lowest BCUT2D eigenvalue weighted by Gasteiger charge is -2.34. The molecule has 0 radical (unpaired) electrons. The molecule has 0 aliphatic carbocycles. The summed E-state index contributed by atoms with van der Waals surface area (Å²) in [6.07, 6.45) is 2.95. The van der Waals surface area contributed by atoms with Gasteiger partial charge in [0, 0.05) is 0 Å². The Kier molecular flexibility index (Phi) is 2.64. The molecule has 11 heavy (non-hydrogen) atoms. The molecule has 0 nitrogen and oxygen atoms in total. The van der Waals surface area contributed by atoms with Gasteiger partial charge >= 0.3 is 0 Å². The quantitative estimate of drug-likeness (QED) is 0.487. The summed E-state index contributed by atoms with van der Waals surface area (Å²) < 4.78 is 0. The van der Waals surface area contributed by atoms with Gasteiger partial charge in [-0.05, 0) is 29.3 Å². The fraction of sp³-hybridized carbons (Fsp3) is 1.00. The Balaban J connectivity index is 2.69. The Bertz CT molecular complexity index is 124. The summed E-state index contributed by atoms with van der Waals surface area (Å²) in [5, 5.41) is 0.588. The van der Waals surface area contributed by atoms with Crippen LogP contribution >= 0.6 is 7.92 Å². The highest BCUT2D eigenvalue weighted by atomic mass is 31.1. The maximum absolute atomic E-state index is 2.44. The Labute approximate surface area is 72.5 Å². The van der Waals surface area contributed by atoms with E-state index >= 15 is 0 Å². The molecule has 1 heterocycles. The molecule has 0 aromatic carbocycles. The van der Waals surface area contributed by atoms with E-state index in [1.54, 1.807) is 0 Å². The van der Waals surface area contributed by atoms with E-state index in [9.17, 15) is 0 Å². The average molecular weight is 172 g/mol. The molecule has 1 aliphatic heterocycles. The first-order chi connectivity index (χ1) is 4.93. The molecule has 0 aromatic heterocycles. The Hall–Kier alpha value is 0.430. The zero-order chi connectivity index (χ0) is 8.65. The molecule has 0 unspecified atom stereocenters. The van der Waals surface area contributed by atoms with Crippen LogP contribution in [0, 0.1) is 0 Å². The highest BCUT2D eigenvalue weighted by molar-refractivity contribution is 7.61. The largest absolute Gasteiger partial charge is 0.0954 e. The molecule has 66 valence electrons. The van der Waals surface area contributed by atoms with Gasteiger partial charge in [0.2, 0.25) is 0 Å². The SMILES string of the molecule is C[C@@H]1CC[C@@H](C)P1C(C)(C)C. The van der Waals surface area contributed by atoms with E-state index in [1.807, 2.05) is 0 Å². The molecule has 1 fully saturated rings. The first-order valence-electron chi connectivity index (χ1n) is 4.71. The normalized spacial score (nSPS) is 34.6. The van der Waals surface area contributed by atoms with Crippen molar-refractivity contribution in [1.29, 1.82) is 0 Å². The second kappa shape index (κ2) is 3.05. The minimum Gasteiger partial charge on any atom is -0.0954 e. The van der Waals surface area contributed by atoms with Gasteiger partial charge in [-0.1, -0.05) is 42.5 Å². The van der Waals surface area contributed by atoms with Crippen molar-refractivity contribution in [2.45, 2.75) is 63.9 Å². The van der Waals surface area contributed by atoms with E-state index < -0.39 is 0 Å². The standard InChI is InChI=1S/C10H21P/c1-8-6-7-9(2)11(8)10(3,4)5/h8-9H,6-7H2,1-5H3/t8-,9-/m1/s1. The van der Waals surface area contributed by atoms with Crippen LogP contribution in [0.15, 0.2) is 0 Å². The molecule has 1 saturated heterocycles. The second-order valence-corrected chi connectivity index (χ2v) is 8.77. The molecule has 0 spiro atoms. The summed E-state index contributed by atoms with van der Waals surface area (Å²) in [7, 11) is 0.291. The van der Waals surface area contributed by atoms with Gasteiger partial charge < -0.3 is 0 Å². The highest BCUT2D eigenvalue weighted by Gasteiger charge is 2.37. The van der Waals surface area contributed by atoms with Crippen molar-refractivity contribution < 1.29 is 0 Å². The predicted molar refractivity (Wildman–Crippen MR) is 54.8 cm³/mol. The highest BCUT2D eigenvalue weighted by Crippen LogP contribution is 2.63. The van der Waals surface area contributed by atoms with Gasteiger partial charge in [-0.2, -0.15) is 0 Å². The number of rotatable bonds is 0. The minimum atomic E-state index is 0.291. The third-order valence-corrected chi connectivity index (χ3v) is 6.69. The van der Waals surface area contributed by atoms with E-state index in [4.69, 9.17) is 0 Å². The van der Waals surface area contributed by atoms with E-state index in [0.717, 1.165) is 11.3 Å². The number of hydrogen-bond acceptors (Lipinski definition) is 0. The van der Waals surface area contributed by atoms with Crippen LogP contribution in [-0.2, 0) is 0 Å². The Morgan fingerprint density at radius 1 is 1.00 bits per heavy atom. The van der Waals surface area contributed by atoms with Gasteiger partial charge in [-0.15, -0.1) is 0 Å². The summed E-state index contributed by atoms with van der Waals surface area (Å²) in [5.74, 6) is 0.